The van der Waals surface area contributed by atoms with Crippen LogP contribution in [0.25, 0.3) is 0 Å². The summed E-state index contributed by atoms with van der Waals surface area (Å²) in [6.45, 7) is 9.31. The maximum absolute atomic E-state index is 12.5. The fourth-order valence-electron chi connectivity index (χ4n) is 2.17. The second-order valence-corrected chi connectivity index (χ2v) is 5.64. The van der Waals surface area contributed by atoms with Gasteiger partial charge in [-0.05, 0) is 38.8 Å². The van der Waals surface area contributed by atoms with Crippen molar-refractivity contribution in [1.29, 1.82) is 0 Å². The van der Waals surface area contributed by atoms with Gasteiger partial charge in [-0.1, -0.05) is 13.8 Å². The molecule has 1 rings (SSSR count). The molecule has 1 unspecified atom stereocenters. The molecule has 1 fully saturated rings. The number of hydrogen-bond donors (Lipinski definition) is 1. The summed E-state index contributed by atoms with van der Waals surface area (Å²) in [7, 11) is 0. The fraction of sp³-hybridized carbons (Fsp3) is 1.00. The molecule has 0 spiro atoms. The highest BCUT2D eigenvalue weighted by atomic mass is 19.4. The third kappa shape index (κ3) is 5.14. The van der Waals surface area contributed by atoms with Crippen molar-refractivity contribution in [2.75, 3.05) is 26.2 Å². The number of nitrogens with one attached hydrogen (secondary N) is 1. The Hall–Kier alpha value is -0.290. The van der Waals surface area contributed by atoms with E-state index in [0.717, 1.165) is 13.1 Å². The Balaban J connectivity index is 2.16. The van der Waals surface area contributed by atoms with Crippen molar-refractivity contribution < 1.29 is 13.2 Å². The van der Waals surface area contributed by atoms with Crippen LogP contribution in [0.2, 0.25) is 0 Å². The predicted molar refractivity (Wildman–Crippen MR) is 67.5 cm³/mol. The van der Waals surface area contributed by atoms with Gasteiger partial charge >= 0.3 is 6.18 Å². The standard InChI is InChI=1S/C13H25F3N2/c1-10(2)11(3)17-6-9-18-7-4-12(5-8-18)13(14,15)16/h10-12,17H,4-9H2,1-3H3. The van der Waals surface area contributed by atoms with E-state index in [2.05, 4.69) is 31.0 Å². The molecule has 0 amide bonds. The molecule has 0 aromatic rings. The van der Waals surface area contributed by atoms with Crippen LogP contribution in [0.1, 0.15) is 33.6 Å². The fourth-order valence-corrected chi connectivity index (χ4v) is 2.17. The van der Waals surface area contributed by atoms with E-state index < -0.39 is 12.1 Å². The van der Waals surface area contributed by atoms with Crippen LogP contribution in [0.15, 0.2) is 0 Å². The van der Waals surface area contributed by atoms with Crippen LogP contribution in [0.5, 0.6) is 0 Å². The number of hydrogen-bond acceptors (Lipinski definition) is 2. The van der Waals surface area contributed by atoms with Gasteiger partial charge in [0.15, 0.2) is 0 Å². The summed E-state index contributed by atoms with van der Waals surface area (Å²) in [5.74, 6) is -0.503. The second-order valence-electron chi connectivity index (χ2n) is 5.64. The van der Waals surface area contributed by atoms with E-state index in [1.807, 2.05) is 0 Å². The summed E-state index contributed by atoms with van der Waals surface area (Å²) in [6.07, 6.45) is -3.50. The molecule has 1 atom stereocenters. The largest absolute Gasteiger partial charge is 0.391 e. The summed E-state index contributed by atoms with van der Waals surface area (Å²) in [5, 5.41) is 3.41. The lowest BCUT2D eigenvalue weighted by Gasteiger charge is -2.33. The molecule has 1 heterocycles. The Kier molecular flexibility index (Phi) is 5.92. The lowest BCUT2D eigenvalue weighted by Crippen LogP contribution is -2.43. The molecule has 0 bridgehead atoms. The summed E-state index contributed by atoms with van der Waals surface area (Å²) in [4.78, 5) is 2.13. The SMILES string of the molecule is CC(C)C(C)NCCN1CCC(C(F)(F)F)CC1. The quantitative estimate of drug-likeness (QED) is 0.823. The van der Waals surface area contributed by atoms with Crippen molar-refractivity contribution in [3.05, 3.63) is 0 Å². The Morgan fingerprint density at radius 1 is 1.17 bits per heavy atom. The average molecular weight is 266 g/mol. The number of nitrogens with zero attached hydrogens (tertiary/aromatic N) is 1. The molecule has 0 radical (unpaired) electrons. The normalized spacial score (nSPS) is 21.5. The first kappa shape index (κ1) is 15.8. The van der Waals surface area contributed by atoms with E-state index >= 15 is 0 Å². The van der Waals surface area contributed by atoms with E-state index in [0.29, 0.717) is 25.0 Å². The molecule has 0 aromatic carbocycles. The molecule has 2 nitrogen and oxygen atoms in total. The summed E-state index contributed by atoms with van der Waals surface area (Å²) < 4.78 is 37.5. The monoisotopic (exact) mass is 266 g/mol. The molecule has 1 aliphatic rings. The van der Waals surface area contributed by atoms with Gasteiger partial charge in [0.25, 0.3) is 0 Å². The first-order chi connectivity index (χ1) is 8.30. The van der Waals surface area contributed by atoms with Crippen molar-refractivity contribution in [2.45, 2.75) is 45.8 Å². The topological polar surface area (TPSA) is 15.3 Å². The number of likely N-dealkylation sites (tertiary alicyclic amines) is 1. The van der Waals surface area contributed by atoms with Crippen molar-refractivity contribution in [2.24, 2.45) is 11.8 Å². The molecule has 0 saturated carbocycles. The highest BCUT2D eigenvalue weighted by molar-refractivity contribution is 4.77. The lowest BCUT2D eigenvalue weighted by atomic mass is 9.96. The zero-order chi connectivity index (χ0) is 13.8. The molecule has 5 heteroatoms. The Morgan fingerprint density at radius 2 is 1.72 bits per heavy atom. The van der Waals surface area contributed by atoms with Gasteiger partial charge in [0.05, 0.1) is 5.92 Å². The van der Waals surface area contributed by atoms with Gasteiger partial charge in [-0.15, -0.1) is 0 Å². The van der Waals surface area contributed by atoms with Crippen LogP contribution in [0.4, 0.5) is 13.2 Å². The Labute approximate surface area is 108 Å². The van der Waals surface area contributed by atoms with Gasteiger partial charge in [0, 0.05) is 19.1 Å². The molecule has 1 saturated heterocycles. The van der Waals surface area contributed by atoms with E-state index in [4.69, 9.17) is 0 Å². The number of halogens is 3. The van der Waals surface area contributed by atoms with Crippen LogP contribution in [-0.2, 0) is 0 Å². The van der Waals surface area contributed by atoms with Crippen LogP contribution in [-0.4, -0.2) is 43.3 Å². The molecule has 0 aromatic heterocycles. The minimum atomic E-state index is -4.00. The van der Waals surface area contributed by atoms with E-state index in [1.54, 1.807) is 0 Å². The van der Waals surface area contributed by atoms with Gasteiger partial charge in [0.2, 0.25) is 0 Å². The lowest BCUT2D eigenvalue weighted by molar-refractivity contribution is -0.184. The van der Waals surface area contributed by atoms with Gasteiger partial charge < -0.3 is 10.2 Å². The molecular formula is C13H25F3N2. The minimum Gasteiger partial charge on any atom is -0.313 e. The van der Waals surface area contributed by atoms with E-state index in [1.165, 1.54) is 0 Å². The van der Waals surface area contributed by atoms with E-state index in [-0.39, 0.29) is 12.8 Å². The smallest absolute Gasteiger partial charge is 0.313 e. The highest BCUT2D eigenvalue weighted by Gasteiger charge is 2.40. The predicted octanol–water partition coefficient (Wildman–Crippen LogP) is 2.89. The van der Waals surface area contributed by atoms with Crippen LogP contribution < -0.4 is 5.32 Å². The zero-order valence-electron chi connectivity index (χ0n) is 11.6. The second kappa shape index (κ2) is 6.75. The highest BCUT2D eigenvalue weighted by Crippen LogP contribution is 2.33. The summed E-state index contributed by atoms with van der Waals surface area (Å²) in [5.41, 5.74) is 0. The van der Waals surface area contributed by atoms with Crippen molar-refractivity contribution in [3.8, 4) is 0 Å². The Morgan fingerprint density at radius 3 is 2.17 bits per heavy atom. The number of piperidine rings is 1. The zero-order valence-corrected chi connectivity index (χ0v) is 11.6. The maximum Gasteiger partial charge on any atom is 0.391 e. The third-order valence-electron chi connectivity index (χ3n) is 3.94. The first-order valence-electron chi connectivity index (χ1n) is 6.83. The van der Waals surface area contributed by atoms with Crippen molar-refractivity contribution in [3.63, 3.8) is 0 Å². The molecule has 0 aliphatic carbocycles. The first-order valence-corrected chi connectivity index (χ1v) is 6.83. The van der Waals surface area contributed by atoms with E-state index in [9.17, 15) is 13.2 Å². The molecular weight excluding hydrogens is 241 g/mol. The van der Waals surface area contributed by atoms with Gasteiger partial charge in [-0.3, -0.25) is 0 Å². The molecule has 18 heavy (non-hydrogen) atoms. The van der Waals surface area contributed by atoms with Crippen LogP contribution in [0.3, 0.4) is 0 Å². The van der Waals surface area contributed by atoms with Crippen LogP contribution >= 0.6 is 0 Å². The van der Waals surface area contributed by atoms with Crippen molar-refractivity contribution in [1.82, 2.24) is 10.2 Å². The van der Waals surface area contributed by atoms with Gasteiger partial charge in [-0.25, -0.2) is 0 Å². The van der Waals surface area contributed by atoms with Gasteiger partial charge in [0.1, 0.15) is 0 Å². The average Bonchev–Trinajstić information content (AvgIpc) is 2.28. The minimum absolute atomic E-state index is 0.253. The number of rotatable bonds is 5. The summed E-state index contributed by atoms with van der Waals surface area (Å²) in [6, 6.07) is 0.456. The third-order valence-corrected chi connectivity index (χ3v) is 3.94. The van der Waals surface area contributed by atoms with Crippen molar-refractivity contribution >= 4 is 0 Å². The Bertz CT molecular complexity index is 233. The van der Waals surface area contributed by atoms with Gasteiger partial charge in [-0.2, -0.15) is 13.2 Å². The molecule has 108 valence electrons. The van der Waals surface area contributed by atoms with Crippen LogP contribution in [0, 0.1) is 11.8 Å². The maximum atomic E-state index is 12.5. The number of alkyl halides is 3. The molecule has 1 N–H and O–H groups in total. The molecule has 1 aliphatic heterocycles. The summed E-state index contributed by atoms with van der Waals surface area (Å²) >= 11 is 0.